The summed E-state index contributed by atoms with van der Waals surface area (Å²) < 4.78 is 18.4. The highest BCUT2D eigenvalue weighted by Crippen LogP contribution is 2.23. The van der Waals surface area contributed by atoms with E-state index in [9.17, 15) is 4.39 Å². The zero-order valence-electron chi connectivity index (χ0n) is 10.3. The fraction of sp³-hybridized carbons (Fsp3) is 0.200. The number of benzene rings is 2. The van der Waals surface area contributed by atoms with Crippen LogP contribution >= 0.6 is 0 Å². The van der Waals surface area contributed by atoms with E-state index in [4.69, 9.17) is 10.5 Å². The molecule has 2 rings (SSSR count). The number of halogens is 1. The Morgan fingerprint density at radius 3 is 2.61 bits per heavy atom. The van der Waals surface area contributed by atoms with E-state index < -0.39 is 6.67 Å². The Morgan fingerprint density at radius 1 is 1.11 bits per heavy atom. The quantitative estimate of drug-likeness (QED) is 0.835. The van der Waals surface area contributed by atoms with Crippen molar-refractivity contribution in [3.8, 4) is 5.75 Å². The van der Waals surface area contributed by atoms with Crippen molar-refractivity contribution in [2.24, 2.45) is 0 Å². The molecule has 0 unspecified atom stereocenters. The van der Waals surface area contributed by atoms with Crippen LogP contribution in [0.5, 0.6) is 5.75 Å². The molecule has 0 bridgehead atoms. The lowest BCUT2D eigenvalue weighted by molar-refractivity contribution is 0.298. The van der Waals surface area contributed by atoms with Gasteiger partial charge in [-0.1, -0.05) is 30.3 Å². The molecule has 0 aliphatic heterocycles. The van der Waals surface area contributed by atoms with Crippen molar-refractivity contribution < 1.29 is 9.13 Å². The van der Waals surface area contributed by atoms with Crippen LogP contribution in [0.3, 0.4) is 0 Å². The first-order valence-electron chi connectivity index (χ1n) is 5.83. The Morgan fingerprint density at radius 2 is 1.89 bits per heavy atom. The van der Waals surface area contributed by atoms with E-state index in [0.29, 0.717) is 23.6 Å². The van der Waals surface area contributed by atoms with E-state index in [1.54, 1.807) is 18.2 Å². The Hall–Kier alpha value is -2.03. The summed E-state index contributed by atoms with van der Waals surface area (Å²) in [5.41, 5.74) is 9.19. The standard InChI is InChI=1S/C15H16FNO/c1-11-5-4-7-14(17)13(11)10-18-15-8-3-2-6-12(15)9-16/h2-8H,9-10,17H2,1H3. The van der Waals surface area contributed by atoms with E-state index in [1.807, 2.05) is 31.2 Å². The number of aryl methyl sites for hydroxylation is 1. The molecule has 0 aliphatic carbocycles. The van der Waals surface area contributed by atoms with Crippen molar-refractivity contribution in [2.75, 3.05) is 5.73 Å². The van der Waals surface area contributed by atoms with Crippen molar-refractivity contribution in [3.05, 3.63) is 59.2 Å². The fourth-order valence-electron chi connectivity index (χ4n) is 1.83. The van der Waals surface area contributed by atoms with Crippen LogP contribution in [0.4, 0.5) is 10.1 Å². The molecule has 0 saturated heterocycles. The molecule has 0 aromatic heterocycles. The van der Waals surface area contributed by atoms with Gasteiger partial charge in [0.1, 0.15) is 19.0 Å². The molecule has 0 radical (unpaired) electrons. The van der Waals surface area contributed by atoms with Gasteiger partial charge < -0.3 is 10.5 Å². The maximum Gasteiger partial charge on any atom is 0.125 e. The van der Waals surface area contributed by atoms with Crippen LogP contribution in [0.1, 0.15) is 16.7 Å². The van der Waals surface area contributed by atoms with Crippen molar-refractivity contribution in [1.29, 1.82) is 0 Å². The third-order valence-electron chi connectivity index (χ3n) is 2.94. The molecule has 2 N–H and O–H groups in total. The first-order valence-corrected chi connectivity index (χ1v) is 5.83. The molecular weight excluding hydrogens is 229 g/mol. The zero-order chi connectivity index (χ0) is 13.0. The lowest BCUT2D eigenvalue weighted by Gasteiger charge is -2.12. The van der Waals surface area contributed by atoms with Gasteiger partial charge in [-0.25, -0.2) is 4.39 Å². The first kappa shape index (κ1) is 12.4. The van der Waals surface area contributed by atoms with Gasteiger partial charge in [0, 0.05) is 16.8 Å². The second kappa shape index (κ2) is 5.54. The van der Waals surface area contributed by atoms with Gasteiger partial charge in [0.05, 0.1) is 0 Å². The molecule has 0 spiro atoms. The topological polar surface area (TPSA) is 35.2 Å². The number of nitrogens with two attached hydrogens (primary N) is 1. The fourth-order valence-corrected chi connectivity index (χ4v) is 1.83. The lowest BCUT2D eigenvalue weighted by Crippen LogP contribution is -2.03. The highest BCUT2D eigenvalue weighted by atomic mass is 19.1. The van der Waals surface area contributed by atoms with E-state index >= 15 is 0 Å². The van der Waals surface area contributed by atoms with Crippen LogP contribution in [-0.2, 0) is 13.3 Å². The van der Waals surface area contributed by atoms with Crippen LogP contribution < -0.4 is 10.5 Å². The third-order valence-corrected chi connectivity index (χ3v) is 2.94. The summed E-state index contributed by atoms with van der Waals surface area (Å²) in [6.45, 7) is 1.81. The second-order valence-corrected chi connectivity index (χ2v) is 4.17. The summed E-state index contributed by atoms with van der Waals surface area (Å²) in [7, 11) is 0. The van der Waals surface area contributed by atoms with Gasteiger partial charge in [-0.15, -0.1) is 0 Å². The van der Waals surface area contributed by atoms with Gasteiger partial charge >= 0.3 is 0 Å². The molecule has 0 saturated carbocycles. The minimum atomic E-state index is -0.528. The summed E-state index contributed by atoms with van der Waals surface area (Å²) in [5, 5.41) is 0. The first-order chi connectivity index (χ1) is 8.72. The summed E-state index contributed by atoms with van der Waals surface area (Å²) in [5.74, 6) is 0.572. The van der Waals surface area contributed by atoms with E-state index in [2.05, 4.69) is 0 Å². The minimum absolute atomic E-state index is 0.357. The van der Waals surface area contributed by atoms with Crippen LogP contribution in [0.15, 0.2) is 42.5 Å². The number of para-hydroxylation sites is 1. The van der Waals surface area contributed by atoms with Gasteiger partial charge in [-0.2, -0.15) is 0 Å². The SMILES string of the molecule is Cc1cccc(N)c1COc1ccccc1CF. The summed E-state index contributed by atoms with van der Waals surface area (Å²) in [6.07, 6.45) is 0. The number of hydrogen-bond acceptors (Lipinski definition) is 2. The summed E-state index contributed by atoms with van der Waals surface area (Å²) in [6, 6.07) is 12.8. The summed E-state index contributed by atoms with van der Waals surface area (Å²) >= 11 is 0. The van der Waals surface area contributed by atoms with Gasteiger partial charge in [0.15, 0.2) is 0 Å². The van der Waals surface area contributed by atoms with Crippen LogP contribution in [-0.4, -0.2) is 0 Å². The lowest BCUT2D eigenvalue weighted by atomic mass is 10.1. The minimum Gasteiger partial charge on any atom is -0.488 e. The maximum absolute atomic E-state index is 12.8. The predicted octanol–water partition coefficient (Wildman–Crippen LogP) is 3.63. The number of hydrogen-bond donors (Lipinski definition) is 1. The van der Waals surface area contributed by atoms with Crippen LogP contribution in [0.25, 0.3) is 0 Å². The van der Waals surface area contributed by atoms with Crippen molar-refractivity contribution in [3.63, 3.8) is 0 Å². The molecule has 94 valence electrons. The Labute approximate surface area is 106 Å². The van der Waals surface area contributed by atoms with Crippen LogP contribution in [0.2, 0.25) is 0 Å². The summed E-state index contributed by atoms with van der Waals surface area (Å²) in [4.78, 5) is 0. The second-order valence-electron chi connectivity index (χ2n) is 4.17. The molecule has 2 aromatic rings. The molecule has 18 heavy (non-hydrogen) atoms. The van der Waals surface area contributed by atoms with Crippen molar-refractivity contribution in [1.82, 2.24) is 0 Å². The normalized spacial score (nSPS) is 10.3. The highest BCUT2D eigenvalue weighted by molar-refractivity contribution is 5.50. The number of rotatable bonds is 4. The van der Waals surface area contributed by atoms with Gasteiger partial charge in [-0.05, 0) is 24.6 Å². The van der Waals surface area contributed by atoms with E-state index in [-0.39, 0.29) is 0 Å². The molecule has 3 heteroatoms. The maximum atomic E-state index is 12.8. The molecule has 0 amide bonds. The predicted molar refractivity (Wildman–Crippen MR) is 71.2 cm³/mol. The van der Waals surface area contributed by atoms with Gasteiger partial charge in [-0.3, -0.25) is 0 Å². The van der Waals surface area contributed by atoms with Crippen molar-refractivity contribution in [2.45, 2.75) is 20.2 Å². The molecule has 2 aromatic carbocycles. The van der Waals surface area contributed by atoms with Crippen molar-refractivity contribution >= 4 is 5.69 Å². The number of alkyl halides is 1. The molecule has 0 fully saturated rings. The third kappa shape index (κ3) is 2.62. The average Bonchev–Trinajstić information content (AvgIpc) is 2.38. The van der Waals surface area contributed by atoms with Gasteiger partial charge in [0.2, 0.25) is 0 Å². The Balaban J connectivity index is 2.16. The van der Waals surface area contributed by atoms with E-state index in [0.717, 1.165) is 11.1 Å². The zero-order valence-corrected chi connectivity index (χ0v) is 10.3. The Kier molecular flexibility index (Phi) is 3.82. The Bertz CT molecular complexity index is 520. The average molecular weight is 245 g/mol. The molecule has 0 aliphatic rings. The molecular formula is C15H16FNO. The van der Waals surface area contributed by atoms with E-state index in [1.165, 1.54) is 0 Å². The molecule has 0 atom stereocenters. The highest BCUT2D eigenvalue weighted by Gasteiger charge is 2.06. The number of anilines is 1. The van der Waals surface area contributed by atoms with Crippen LogP contribution in [0, 0.1) is 6.92 Å². The molecule has 2 nitrogen and oxygen atoms in total. The monoisotopic (exact) mass is 245 g/mol. The smallest absolute Gasteiger partial charge is 0.125 e. The molecule has 0 heterocycles. The number of ether oxygens (including phenoxy) is 1. The number of nitrogen functional groups attached to an aromatic ring is 1. The van der Waals surface area contributed by atoms with Gasteiger partial charge in [0.25, 0.3) is 0 Å². The largest absolute Gasteiger partial charge is 0.488 e.